The van der Waals surface area contributed by atoms with E-state index in [2.05, 4.69) is 19.2 Å². The summed E-state index contributed by atoms with van der Waals surface area (Å²) in [5.41, 5.74) is 0.119. The van der Waals surface area contributed by atoms with Crippen molar-refractivity contribution in [3.8, 4) is 0 Å². The van der Waals surface area contributed by atoms with E-state index in [0.717, 1.165) is 19.3 Å². The molecule has 2 amide bonds. The van der Waals surface area contributed by atoms with Gasteiger partial charge in [0.15, 0.2) is 0 Å². The average Bonchev–Trinajstić information content (AvgIpc) is 2.52. The van der Waals surface area contributed by atoms with Crippen LogP contribution >= 0.6 is 0 Å². The monoisotopic (exact) mass is 362 g/mol. The second-order valence-electron chi connectivity index (χ2n) is 10.00. The molecule has 4 aliphatic carbocycles. The maximum atomic E-state index is 13.8. The van der Waals surface area contributed by atoms with Crippen LogP contribution in [0.25, 0.3) is 0 Å². The number of hydrogen-bond acceptors (Lipinski definition) is 4. The Bertz CT molecular complexity index is 642. The van der Waals surface area contributed by atoms with Crippen LogP contribution < -0.4 is 5.32 Å². The first-order chi connectivity index (χ1) is 12.2. The molecule has 1 N–H and O–H groups in total. The molecule has 3 atom stereocenters. The number of carbonyl (C=O) groups is 3. The Kier molecular flexibility index (Phi) is 3.90. The fourth-order valence-electron chi connectivity index (χ4n) is 7.39. The summed E-state index contributed by atoms with van der Waals surface area (Å²) in [6.07, 6.45) is 6.38. The van der Waals surface area contributed by atoms with E-state index in [-0.39, 0.29) is 34.5 Å². The van der Waals surface area contributed by atoms with Crippen molar-refractivity contribution in [2.75, 3.05) is 20.2 Å². The Balaban J connectivity index is 1.63. The minimum Gasteiger partial charge on any atom is -0.469 e. The van der Waals surface area contributed by atoms with Crippen LogP contribution in [0.2, 0.25) is 0 Å². The molecular formula is C20H30N2O4. The molecule has 0 aromatic heterocycles. The number of esters is 1. The van der Waals surface area contributed by atoms with Crippen molar-refractivity contribution in [2.45, 2.75) is 64.8 Å². The van der Waals surface area contributed by atoms with Crippen molar-refractivity contribution in [1.29, 1.82) is 0 Å². The molecule has 1 saturated heterocycles. The normalized spacial score (nSPS) is 44.0. The molecule has 0 aromatic rings. The molecule has 26 heavy (non-hydrogen) atoms. The molecule has 5 fully saturated rings. The van der Waals surface area contributed by atoms with Crippen LogP contribution in [0.4, 0.5) is 0 Å². The molecule has 1 heterocycles. The summed E-state index contributed by atoms with van der Waals surface area (Å²) in [7, 11) is 1.32. The number of piperazine rings is 1. The number of amides is 2. The number of carbonyl (C=O) groups excluding carboxylic acids is 3. The summed E-state index contributed by atoms with van der Waals surface area (Å²) in [6, 6.07) is -0.739. The summed E-state index contributed by atoms with van der Waals surface area (Å²) >= 11 is 0. The summed E-state index contributed by atoms with van der Waals surface area (Å²) in [5, 5.41) is 2.79. The maximum absolute atomic E-state index is 13.8. The van der Waals surface area contributed by atoms with Gasteiger partial charge in [-0.1, -0.05) is 13.8 Å². The van der Waals surface area contributed by atoms with Crippen LogP contribution in [0.15, 0.2) is 0 Å². The van der Waals surface area contributed by atoms with E-state index in [0.29, 0.717) is 19.0 Å². The molecular weight excluding hydrogens is 332 g/mol. The third-order valence-corrected chi connectivity index (χ3v) is 7.26. The second kappa shape index (κ2) is 5.70. The number of rotatable bonds is 3. The molecule has 0 spiro atoms. The molecule has 4 saturated carbocycles. The van der Waals surface area contributed by atoms with Gasteiger partial charge >= 0.3 is 5.97 Å². The second-order valence-corrected chi connectivity index (χ2v) is 10.00. The van der Waals surface area contributed by atoms with Gasteiger partial charge in [0.25, 0.3) is 0 Å². The minimum absolute atomic E-state index is 0.0673. The van der Waals surface area contributed by atoms with Gasteiger partial charge in [-0.2, -0.15) is 0 Å². The molecule has 4 bridgehead atoms. The molecule has 6 nitrogen and oxygen atoms in total. The Morgan fingerprint density at radius 1 is 1.15 bits per heavy atom. The third kappa shape index (κ3) is 2.72. The first-order valence-electron chi connectivity index (χ1n) is 9.83. The summed E-state index contributed by atoms with van der Waals surface area (Å²) in [4.78, 5) is 39.7. The summed E-state index contributed by atoms with van der Waals surface area (Å²) in [6.45, 7) is 5.61. The number of hydrogen-bond donors (Lipinski definition) is 1. The van der Waals surface area contributed by atoms with E-state index >= 15 is 0 Å². The standard InChI is InChI=1S/C20H30N2O4/c1-18-7-13-8-19(2,10-18)12-20(9-13,11-18)17(25)22-5-4-21-16(24)14(22)6-15(23)26-3/h13-14H,4-12H2,1-3H3,(H,21,24). The molecule has 144 valence electrons. The van der Waals surface area contributed by atoms with Gasteiger partial charge in [0, 0.05) is 13.1 Å². The zero-order valence-corrected chi connectivity index (χ0v) is 16.1. The van der Waals surface area contributed by atoms with Crippen molar-refractivity contribution in [3.63, 3.8) is 0 Å². The minimum atomic E-state index is -0.739. The van der Waals surface area contributed by atoms with Crippen molar-refractivity contribution in [1.82, 2.24) is 10.2 Å². The predicted octanol–water partition coefficient (Wildman–Crippen LogP) is 1.87. The zero-order chi connectivity index (χ0) is 18.7. The number of nitrogens with zero attached hydrogens (tertiary/aromatic N) is 1. The van der Waals surface area contributed by atoms with E-state index in [1.165, 1.54) is 26.4 Å². The SMILES string of the molecule is COC(=O)CC1C(=O)NCCN1C(=O)C12CC3CC(C)(CC(C)(C3)C1)C2. The van der Waals surface area contributed by atoms with Crippen molar-refractivity contribution < 1.29 is 19.1 Å². The van der Waals surface area contributed by atoms with E-state index in [1.807, 2.05) is 0 Å². The molecule has 1 aliphatic heterocycles. The van der Waals surface area contributed by atoms with Gasteiger partial charge in [0.2, 0.25) is 11.8 Å². The summed E-state index contributed by atoms with van der Waals surface area (Å²) in [5.74, 6) is 0.0251. The van der Waals surface area contributed by atoms with Gasteiger partial charge in [-0.25, -0.2) is 0 Å². The lowest BCUT2D eigenvalue weighted by atomic mass is 9.40. The third-order valence-electron chi connectivity index (χ3n) is 7.26. The van der Waals surface area contributed by atoms with Crippen LogP contribution in [0.3, 0.4) is 0 Å². The molecule has 3 unspecified atom stereocenters. The van der Waals surface area contributed by atoms with Gasteiger partial charge in [0.05, 0.1) is 18.9 Å². The highest BCUT2D eigenvalue weighted by molar-refractivity contribution is 5.94. The Labute approximate surface area is 155 Å². The van der Waals surface area contributed by atoms with Gasteiger partial charge in [-0.05, 0) is 55.3 Å². The van der Waals surface area contributed by atoms with Gasteiger partial charge in [-0.3, -0.25) is 14.4 Å². The van der Waals surface area contributed by atoms with E-state index < -0.39 is 12.0 Å². The number of ether oxygens (including phenoxy) is 1. The Hall–Kier alpha value is -1.59. The first kappa shape index (κ1) is 17.8. The average molecular weight is 362 g/mol. The fourth-order valence-corrected chi connectivity index (χ4v) is 7.39. The highest BCUT2D eigenvalue weighted by atomic mass is 16.5. The van der Waals surface area contributed by atoms with Gasteiger partial charge in [0.1, 0.15) is 6.04 Å². The fraction of sp³-hybridized carbons (Fsp3) is 0.850. The van der Waals surface area contributed by atoms with Crippen LogP contribution in [-0.2, 0) is 19.1 Å². The van der Waals surface area contributed by atoms with E-state index in [4.69, 9.17) is 4.74 Å². The van der Waals surface area contributed by atoms with Gasteiger partial charge in [-0.15, -0.1) is 0 Å². The number of methoxy groups -OCH3 is 1. The lowest BCUT2D eigenvalue weighted by molar-refractivity contribution is -0.183. The van der Waals surface area contributed by atoms with Crippen LogP contribution in [0.5, 0.6) is 0 Å². The Morgan fingerprint density at radius 2 is 1.81 bits per heavy atom. The Morgan fingerprint density at radius 3 is 2.38 bits per heavy atom. The predicted molar refractivity (Wildman–Crippen MR) is 95.0 cm³/mol. The zero-order valence-electron chi connectivity index (χ0n) is 16.1. The quantitative estimate of drug-likeness (QED) is 0.778. The lowest BCUT2D eigenvalue weighted by Crippen LogP contribution is -2.65. The maximum Gasteiger partial charge on any atom is 0.308 e. The van der Waals surface area contributed by atoms with E-state index in [9.17, 15) is 14.4 Å². The van der Waals surface area contributed by atoms with Crippen molar-refractivity contribution >= 4 is 17.8 Å². The van der Waals surface area contributed by atoms with Crippen molar-refractivity contribution in [2.24, 2.45) is 22.2 Å². The highest BCUT2D eigenvalue weighted by Gasteiger charge is 2.63. The van der Waals surface area contributed by atoms with E-state index in [1.54, 1.807) is 4.90 Å². The molecule has 5 aliphatic rings. The van der Waals surface area contributed by atoms with Crippen LogP contribution in [-0.4, -0.2) is 48.9 Å². The highest BCUT2D eigenvalue weighted by Crippen LogP contribution is 2.69. The topological polar surface area (TPSA) is 75.7 Å². The van der Waals surface area contributed by atoms with Crippen LogP contribution in [0, 0.1) is 22.2 Å². The largest absolute Gasteiger partial charge is 0.469 e. The van der Waals surface area contributed by atoms with Gasteiger partial charge < -0.3 is 15.0 Å². The van der Waals surface area contributed by atoms with Crippen molar-refractivity contribution in [3.05, 3.63) is 0 Å². The lowest BCUT2D eigenvalue weighted by Gasteiger charge is -2.65. The molecule has 5 rings (SSSR count). The smallest absolute Gasteiger partial charge is 0.308 e. The molecule has 6 heteroatoms. The number of nitrogens with one attached hydrogen (secondary N) is 1. The molecule has 0 aromatic carbocycles. The van der Waals surface area contributed by atoms with Crippen LogP contribution in [0.1, 0.15) is 58.8 Å². The molecule has 0 radical (unpaired) electrons. The summed E-state index contributed by atoms with van der Waals surface area (Å²) < 4.78 is 4.75. The first-order valence-corrected chi connectivity index (χ1v) is 9.83.